The summed E-state index contributed by atoms with van der Waals surface area (Å²) in [5, 5.41) is 21.9. The summed E-state index contributed by atoms with van der Waals surface area (Å²) in [6, 6.07) is 3.02. The highest BCUT2D eigenvalue weighted by molar-refractivity contribution is 7.47. The number of phosphoric acid groups is 1. The van der Waals surface area contributed by atoms with Crippen LogP contribution in [0.3, 0.4) is 0 Å². The van der Waals surface area contributed by atoms with Gasteiger partial charge in [0.05, 0.1) is 38.4 Å². The number of hydrogen-bond donors (Lipinski definition) is 2. The standard InChI is InChI=1S/C44H76N5O11P/c1-5-6-7-8-9-10-11-12-13-14-15-17-20-23-26-29-41(50)56-36-38(37-58-61(54,55)57-35-34-49(2,3)4)59-42(51)30-27-24-21-18-16-19-22-25-28-33-45-39-31-32-40(48(52)53)44-43(39)46-60-47-44/h12-13,31-32,38H,5-11,14-30,33-37H2,1-4H3,(H-,45,47,54,55)/p+1/b13-12+. The second kappa shape index (κ2) is 32.3. The maximum absolute atomic E-state index is 12.7. The highest BCUT2D eigenvalue weighted by Crippen LogP contribution is 2.43. The third-order valence-corrected chi connectivity index (χ3v) is 11.3. The molecule has 1 heterocycles. The second-order valence-corrected chi connectivity index (χ2v) is 18.4. The Morgan fingerprint density at radius 2 is 1.33 bits per heavy atom. The minimum absolute atomic E-state index is 0.00261. The van der Waals surface area contributed by atoms with Gasteiger partial charge in [-0.2, -0.15) is 0 Å². The summed E-state index contributed by atoms with van der Waals surface area (Å²) in [5.74, 6) is -0.890. The number of nitro groups is 1. The molecule has 0 fully saturated rings. The van der Waals surface area contributed by atoms with E-state index in [0.29, 0.717) is 41.6 Å². The van der Waals surface area contributed by atoms with Gasteiger partial charge in [0.25, 0.3) is 0 Å². The first-order valence-corrected chi connectivity index (χ1v) is 24.4. The summed E-state index contributed by atoms with van der Waals surface area (Å²) in [6.45, 7) is 2.71. The van der Waals surface area contributed by atoms with Crippen LogP contribution in [0.15, 0.2) is 28.9 Å². The van der Waals surface area contributed by atoms with Crippen molar-refractivity contribution in [1.29, 1.82) is 0 Å². The number of likely N-dealkylation sites (N-methyl/N-ethyl adjacent to an activating group) is 1. The van der Waals surface area contributed by atoms with E-state index < -0.39 is 37.4 Å². The van der Waals surface area contributed by atoms with E-state index in [0.717, 1.165) is 83.5 Å². The van der Waals surface area contributed by atoms with Crippen LogP contribution in [0.4, 0.5) is 11.4 Å². The Balaban J connectivity index is 1.60. The van der Waals surface area contributed by atoms with Crippen LogP contribution in [0.2, 0.25) is 0 Å². The molecule has 1 aromatic heterocycles. The maximum atomic E-state index is 12.7. The Labute approximate surface area is 364 Å². The van der Waals surface area contributed by atoms with E-state index in [1.807, 2.05) is 21.1 Å². The normalized spacial score (nSPS) is 13.4. The minimum Gasteiger partial charge on any atom is -0.462 e. The van der Waals surface area contributed by atoms with Crippen LogP contribution in [0.25, 0.3) is 11.0 Å². The smallest absolute Gasteiger partial charge is 0.462 e. The monoisotopic (exact) mass is 883 g/mol. The predicted molar refractivity (Wildman–Crippen MR) is 238 cm³/mol. The van der Waals surface area contributed by atoms with Crippen molar-refractivity contribution in [3.8, 4) is 0 Å². The molecule has 348 valence electrons. The Morgan fingerprint density at radius 1 is 0.787 bits per heavy atom. The molecule has 0 saturated heterocycles. The number of ether oxygens (including phenoxy) is 2. The van der Waals surface area contributed by atoms with Gasteiger partial charge in [-0.3, -0.25) is 28.8 Å². The van der Waals surface area contributed by atoms with Crippen LogP contribution in [-0.2, 0) is 32.7 Å². The minimum atomic E-state index is -4.42. The van der Waals surface area contributed by atoms with Gasteiger partial charge in [-0.15, -0.1) is 0 Å². The number of hydrogen-bond acceptors (Lipinski definition) is 13. The van der Waals surface area contributed by atoms with Gasteiger partial charge in [-0.05, 0) is 61.3 Å². The van der Waals surface area contributed by atoms with E-state index in [9.17, 15) is 29.2 Å². The van der Waals surface area contributed by atoms with Crippen LogP contribution in [0.5, 0.6) is 0 Å². The summed E-state index contributed by atoms with van der Waals surface area (Å²) >= 11 is 0. The Hall–Kier alpha value is -3.43. The van der Waals surface area contributed by atoms with Crippen molar-refractivity contribution < 1.29 is 51.6 Å². The molecule has 0 spiro atoms. The number of quaternary nitrogens is 1. The van der Waals surface area contributed by atoms with Crippen molar-refractivity contribution >= 4 is 42.2 Å². The van der Waals surface area contributed by atoms with Crippen molar-refractivity contribution in [2.75, 3.05) is 59.4 Å². The lowest BCUT2D eigenvalue weighted by molar-refractivity contribution is -0.870. The van der Waals surface area contributed by atoms with Crippen LogP contribution < -0.4 is 5.32 Å². The molecule has 61 heavy (non-hydrogen) atoms. The number of esters is 2. The van der Waals surface area contributed by atoms with E-state index in [-0.39, 0.29) is 37.3 Å². The van der Waals surface area contributed by atoms with Crippen molar-refractivity contribution in [3.05, 3.63) is 34.4 Å². The lowest BCUT2D eigenvalue weighted by Gasteiger charge is -2.24. The largest absolute Gasteiger partial charge is 0.472 e. The molecule has 16 nitrogen and oxygen atoms in total. The number of carbonyl (C=O) groups is 2. The van der Waals surface area contributed by atoms with Crippen molar-refractivity contribution in [2.45, 2.75) is 167 Å². The molecule has 2 N–H and O–H groups in total. The number of carbonyl (C=O) groups excluding carboxylic acids is 2. The number of nitrogens with zero attached hydrogens (tertiary/aromatic N) is 4. The molecule has 17 heteroatoms. The number of phosphoric ester groups is 1. The maximum Gasteiger partial charge on any atom is 0.472 e. The van der Waals surface area contributed by atoms with E-state index in [4.69, 9.17) is 23.2 Å². The molecule has 0 aliphatic carbocycles. The van der Waals surface area contributed by atoms with Gasteiger partial charge in [0.15, 0.2) is 11.6 Å². The third-order valence-electron chi connectivity index (χ3n) is 10.3. The number of anilines is 1. The van der Waals surface area contributed by atoms with Gasteiger partial charge in [-0.1, -0.05) is 115 Å². The quantitative estimate of drug-likeness (QED) is 0.0122. The number of allylic oxidation sites excluding steroid dienone is 2. The molecule has 2 rings (SSSR count). The first-order valence-electron chi connectivity index (χ1n) is 22.9. The third kappa shape index (κ3) is 27.3. The fraction of sp³-hybridized carbons (Fsp3) is 0.773. The van der Waals surface area contributed by atoms with Crippen LogP contribution in [-0.4, -0.2) is 96.7 Å². The topological polar surface area (TPSA) is 202 Å². The van der Waals surface area contributed by atoms with Gasteiger partial charge in [0.1, 0.15) is 19.8 Å². The van der Waals surface area contributed by atoms with E-state index in [2.05, 4.69) is 34.7 Å². The molecule has 2 unspecified atom stereocenters. The summed E-state index contributed by atoms with van der Waals surface area (Å²) in [4.78, 5) is 46.1. The van der Waals surface area contributed by atoms with Gasteiger partial charge in [-0.25, -0.2) is 9.19 Å². The molecular weight excluding hydrogens is 805 g/mol. The number of benzene rings is 1. The number of unbranched alkanes of at least 4 members (excludes halogenated alkanes) is 19. The van der Waals surface area contributed by atoms with Gasteiger partial charge < -0.3 is 24.2 Å². The molecule has 1 aromatic carbocycles. The Kier molecular flexibility index (Phi) is 28.4. The summed E-state index contributed by atoms with van der Waals surface area (Å²) < 4.78 is 39.0. The number of non-ortho nitro benzene ring substituents is 1. The van der Waals surface area contributed by atoms with Gasteiger partial charge in [0, 0.05) is 25.5 Å². The van der Waals surface area contributed by atoms with Crippen LogP contribution >= 0.6 is 7.82 Å². The lowest BCUT2D eigenvalue weighted by Crippen LogP contribution is -2.37. The van der Waals surface area contributed by atoms with E-state index in [1.54, 1.807) is 6.07 Å². The molecule has 0 bridgehead atoms. The highest BCUT2D eigenvalue weighted by Gasteiger charge is 2.27. The fourth-order valence-corrected chi connectivity index (χ4v) is 7.34. The van der Waals surface area contributed by atoms with Gasteiger partial charge in [0.2, 0.25) is 5.52 Å². The molecule has 2 atom stereocenters. The zero-order valence-corrected chi connectivity index (χ0v) is 38.6. The van der Waals surface area contributed by atoms with Crippen LogP contribution in [0, 0.1) is 10.1 Å². The molecular formula is C44H77N5O11P+. The number of aromatic nitrogens is 2. The molecule has 0 saturated carbocycles. The molecule has 0 radical (unpaired) electrons. The Bertz CT molecular complexity index is 1580. The predicted octanol–water partition coefficient (Wildman–Crippen LogP) is 10.8. The lowest BCUT2D eigenvalue weighted by atomic mass is 10.1. The molecule has 0 aliphatic heterocycles. The van der Waals surface area contributed by atoms with Crippen molar-refractivity contribution in [1.82, 2.24) is 10.3 Å². The fourth-order valence-electron chi connectivity index (χ4n) is 6.60. The number of rotatable bonds is 39. The van der Waals surface area contributed by atoms with Crippen LogP contribution in [0.1, 0.15) is 161 Å². The van der Waals surface area contributed by atoms with E-state index in [1.165, 1.54) is 51.0 Å². The average molecular weight is 883 g/mol. The Morgan fingerprint density at radius 3 is 1.92 bits per heavy atom. The first-order chi connectivity index (χ1) is 29.3. The summed E-state index contributed by atoms with van der Waals surface area (Å²) in [6.07, 6.45) is 27.9. The first kappa shape index (κ1) is 53.7. The number of nitrogens with one attached hydrogen (secondary N) is 1. The second-order valence-electron chi connectivity index (χ2n) is 17.0. The highest BCUT2D eigenvalue weighted by atomic mass is 31.2. The van der Waals surface area contributed by atoms with Crippen molar-refractivity contribution in [3.63, 3.8) is 0 Å². The van der Waals surface area contributed by atoms with Crippen molar-refractivity contribution in [2.24, 2.45) is 0 Å². The number of fused-ring (bicyclic) bond motifs is 1. The molecule has 0 aliphatic rings. The van der Waals surface area contributed by atoms with Gasteiger partial charge >= 0.3 is 25.4 Å². The zero-order chi connectivity index (χ0) is 44.6. The SMILES string of the molecule is CCCCCCCC/C=C/CCCCCCCC(=O)OCC(COP(=O)(O)OCC[N+](C)(C)C)OC(=O)CCCCCCCCCCCNc1ccc([N+](=O)[O-])c2nonc12. The number of nitro benzene ring substituents is 1. The van der Waals surface area contributed by atoms with E-state index >= 15 is 0 Å². The summed E-state index contributed by atoms with van der Waals surface area (Å²) in [5.41, 5.74) is 0.997. The zero-order valence-electron chi connectivity index (χ0n) is 37.7. The summed E-state index contributed by atoms with van der Waals surface area (Å²) in [7, 11) is 1.38. The average Bonchev–Trinajstić information content (AvgIpc) is 3.70. The molecule has 2 aromatic rings. The molecule has 0 amide bonds.